The van der Waals surface area contributed by atoms with Gasteiger partial charge in [-0.25, -0.2) is 0 Å². The quantitative estimate of drug-likeness (QED) is 0.0453. The zero-order chi connectivity index (χ0) is 46.3. The Labute approximate surface area is 436 Å². The number of hydrogen-bond acceptors (Lipinski definition) is 20. The fourth-order valence-corrected chi connectivity index (χ4v) is 8.17. The van der Waals surface area contributed by atoms with Gasteiger partial charge >= 0.3 is 59.1 Å². The number of rotatable bonds is 16. The number of anilines is 10. The van der Waals surface area contributed by atoms with Gasteiger partial charge in [0.05, 0.1) is 40.6 Å². The first-order valence-electron chi connectivity index (χ1n) is 20.2. The first kappa shape index (κ1) is 52.2. The van der Waals surface area contributed by atoms with Crippen LogP contribution >= 0.6 is 0 Å². The molecule has 26 heteroatoms. The number of nitrogens with zero attached hydrogens (tertiary/aromatic N) is 8. The fraction of sp³-hybridized carbons (Fsp3) is 0.238. The van der Waals surface area contributed by atoms with Crippen molar-refractivity contribution in [1.82, 2.24) is 29.9 Å². The van der Waals surface area contributed by atoms with Crippen molar-refractivity contribution in [3.8, 4) is 11.5 Å². The second kappa shape index (κ2) is 23.4. The normalized spacial score (nSPS) is 14.1. The average molecular weight is 989 g/mol. The molecule has 4 aromatic carbocycles. The van der Waals surface area contributed by atoms with Crippen LogP contribution in [0.25, 0.3) is 12.2 Å². The molecular weight excluding hydrogens is 943 g/mol. The molecule has 2 aromatic heterocycles. The van der Waals surface area contributed by atoms with E-state index in [9.17, 15) is 25.9 Å². The second-order valence-electron chi connectivity index (χ2n) is 14.5. The molecule has 0 atom stereocenters. The third-order valence-corrected chi connectivity index (χ3v) is 11.9. The van der Waals surface area contributed by atoms with Gasteiger partial charge in [-0.2, -0.15) is 46.7 Å². The van der Waals surface area contributed by atoms with Crippen molar-refractivity contribution in [1.29, 1.82) is 0 Å². The van der Waals surface area contributed by atoms with E-state index in [-0.39, 0.29) is 105 Å². The summed E-state index contributed by atoms with van der Waals surface area (Å²) < 4.78 is 93.4. The summed E-state index contributed by atoms with van der Waals surface area (Å²) in [6.07, 6.45) is 2.58. The topological polar surface area (TPSA) is 278 Å². The first-order chi connectivity index (χ1) is 31.8. The molecule has 2 fully saturated rings. The van der Waals surface area contributed by atoms with Crippen molar-refractivity contribution in [2.24, 2.45) is 0 Å². The molecule has 0 unspecified atom stereocenters. The molecule has 0 aliphatic carbocycles. The molecule has 0 spiro atoms. The Kier molecular flexibility index (Phi) is 17.9. The van der Waals surface area contributed by atoms with Gasteiger partial charge in [-0.05, 0) is 83.9 Å². The summed E-state index contributed by atoms with van der Waals surface area (Å²) in [5.74, 6) is 2.54. The molecule has 6 aromatic rings. The van der Waals surface area contributed by atoms with E-state index in [1.807, 2.05) is 9.80 Å². The van der Waals surface area contributed by atoms with Gasteiger partial charge in [-0.15, -0.1) is 0 Å². The van der Waals surface area contributed by atoms with Crippen molar-refractivity contribution in [3.05, 3.63) is 96.1 Å². The van der Waals surface area contributed by atoms with Gasteiger partial charge < -0.3 is 50.0 Å². The van der Waals surface area contributed by atoms with E-state index in [0.717, 1.165) is 0 Å². The number of methoxy groups -OCH3 is 2. The summed E-state index contributed by atoms with van der Waals surface area (Å²) in [5.41, 5.74) is 1.72. The van der Waals surface area contributed by atoms with Crippen LogP contribution in [0.2, 0.25) is 0 Å². The molecular formula is C42H46N12Na2O10S2. The Hall–Kier alpha value is -5.22. The van der Waals surface area contributed by atoms with Gasteiger partial charge in [0.25, 0.3) is 20.2 Å². The molecule has 0 amide bonds. The number of ether oxygens (including phenoxy) is 4. The average Bonchev–Trinajstić information content (AvgIpc) is 3.31. The van der Waals surface area contributed by atoms with E-state index in [1.54, 1.807) is 62.8 Å². The molecule has 2 aliphatic rings. The number of hydrogen-bond donors (Lipinski definition) is 6. The van der Waals surface area contributed by atoms with Gasteiger partial charge in [0.15, 0.2) is 0 Å². The predicted molar refractivity (Wildman–Crippen MR) is 261 cm³/mol. The molecule has 348 valence electrons. The van der Waals surface area contributed by atoms with Gasteiger partial charge in [-0.3, -0.25) is 9.11 Å². The van der Waals surface area contributed by atoms with E-state index >= 15 is 0 Å². The number of aromatic nitrogens is 6. The summed E-state index contributed by atoms with van der Waals surface area (Å²) in [7, 11) is -6.58. The summed E-state index contributed by atoms with van der Waals surface area (Å²) in [6, 6.07) is 22.5. The van der Waals surface area contributed by atoms with E-state index < -0.39 is 30.0 Å². The predicted octanol–water partition coefficient (Wildman–Crippen LogP) is 4.09. The molecule has 22 nitrogen and oxygen atoms in total. The number of benzene rings is 4. The van der Waals surface area contributed by atoms with Gasteiger partial charge in [0.1, 0.15) is 21.3 Å². The van der Waals surface area contributed by atoms with Crippen molar-refractivity contribution in [3.63, 3.8) is 0 Å². The maximum atomic E-state index is 12.8. The maximum absolute atomic E-state index is 12.8. The third-order valence-electron chi connectivity index (χ3n) is 10.1. The minimum atomic E-state index is -4.86. The second-order valence-corrected chi connectivity index (χ2v) is 17.3. The van der Waals surface area contributed by atoms with Crippen LogP contribution in [0, 0.1) is 0 Å². The standard InChI is InChI=1S/C42H44N12O10S2.2Na.2H/c1-61-33-13-9-29(10-14-33)43-37-47-39(51-41(49-37)53-17-21-63-22-18-53)45-31-7-5-27(35(25-31)65(55,56)57)3-4-28-6-8-32(26-36(28)66(58,59)60)46-40-48-38(44-30-11-15-34(62-2)16-12-30)50-42(52-40)54-19-23-64-24-20-54;;;;/h3-16,25-26H,17-24H2,1-2H3,(H,55,56,57)(H,58,59,60)(H2,43,45,47,49,51)(H2,44,46,48,50,52);;;;. The number of morpholine rings is 2. The Morgan fingerprint density at radius 3 is 1.12 bits per heavy atom. The Bertz CT molecular complexity index is 2750. The molecule has 2 aliphatic heterocycles. The molecule has 0 radical (unpaired) electrons. The van der Waals surface area contributed by atoms with E-state index in [4.69, 9.17) is 18.9 Å². The molecule has 0 saturated carbocycles. The molecule has 8 rings (SSSR count). The van der Waals surface area contributed by atoms with Crippen molar-refractivity contribution in [2.45, 2.75) is 9.79 Å². The van der Waals surface area contributed by atoms with Crippen LogP contribution in [0.3, 0.4) is 0 Å². The summed E-state index contributed by atoms with van der Waals surface area (Å²) in [6.45, 7) is 3.98. The molecule has 2 saturated heterocycles. The molecule has 0 bridgehead atoms. The third kappa shape index (κ3) is 13.7. The summed E-state index contributed by atoms with van der Waals surface area (Å²) in [5, 5.41) is 12.3. The van der Waals surface area contributed by atoms with Gasteiger partial charge in [0, 0.05) is 48.9 Å². The Morgan fingerprint density at radius 1 is 0.500 bits per heavy atom. The van der Waals surface area contributed by atoms with Gasteiger partial charge in [-0.1, -0.05) is 24.3 Å². The van der Waals surface area contributed by atoms with Crippen molar-refractivity contribution < 1.29 is 44.9 Å². The van der Waals surface area contributed by atoms with Crippen LogP contribution in [-0.4, -0.2) is 182 Å². The van der Waals surface area contributed by atoms with Crippen molar-refractivity contribution >= 4 is 150 Å². The minimum absolute atomic E-state index is 0. The molecule has 4 heterocycles. The summed E-state index contributed by atoms with van der Waals surface area (Å²) in [4.78, 5) is 30.1. The van der Waals surface area contributed by atoms with Crippen LogP contribution in [0.1, 0.15) is 11.1 Å². The van der Waals surface area contributed by atoms with Crippen LogP contribution in [0.4, 0.5) is 58.4 Å². The summed E-state index contributed by atoms with van der Waals surface area (Å²) >= 11 is 0. The first-order valence-corrected chi connectivity index (χ1v) is 23.1. The van der Waals surface area contributed by atoms with Crippen LogP contribution in [-0.2, 0) is 29.7 Å². The molecule has 6 N–H and O–H groups in total. The monoisotopic (exact) mass is 988 g/mol. The van der Waals surface area contributed by atoms with Crippen LogP contribution < -0.4 is 40.5 Å². The fourth-order valence-electron chi connectivity index (χ4n) is 6.75. The van der Waals surface area contributed by atoms with Crippen LogP contribution in [0.15, 0.2) is 94.7 Å². The van der Waals surface area contributed by atoms with E-state index in [1.165, 1.54) is 48.6 Å². The van der Waals surface area contributed by atoms with E-state index in [0.29, 0.717) is 87.4 Å². The van der Waals surface area contributed by atoms with Gasteiger partial charge in [0.2, 0.25) is 35.7 Å². The van der Waals surface area contributed by atoms with E-state index in [2.05, 4.69) is 51.2 Å². The Balaban J connectivity index is 0.00000381. The Morgan fingerprint density at radius 2 is 0.809 bits per heavy atom. The zero-order valence-electron chi connectivity index (χ0n) is 35.4. The zero-order valence-corrected chi connectivity index (χ0v) is 37.1. The van der Waals surface area contributed by atoms with Crippen LogP contribution in [0.5, 0.6) is 11.5 Å². The number of nitrogens with one attached hydrogen (secondary N) is 4. The SMILES string of the molecule is COc1ccc(Nc2nc(Nc3ccc(C=Cc4ccc(Nc5nc(Nc6ccc(OC)cc6)nc(N6CCOCC6)n5)cc4S(=O)(=O)O)c(S(=O)(=O)O)c3)nc(N3CCOCC3)n2)cc1.[NaH].[NaH]. The molecule has 68 heavy (non-hydrogen) atoms. The van der Waals surface area contributed by atoms with Crippen molar-refractivity contribution in [2.75, 3.05) is 97.9 Å².